The number of carbonyl (C=O) groups is 2. The van der Waals surface area contributed by atoms with Crippen molar-refractivity contribution in [2.24, 2.45) is 11.7 Å². The average molecular weight is 452 g/mol. The highest BCUT2D eigenvalue weighted by atomic mass is 35.5. The van der Waals surface area contributed by atoms with E-state index in [1.54, 1.807) is 12.1 Å². The number of amides is 2. The lowest BCUT2D eigenvalue weighted by Crippen LogP contribution is -2.51. The fourth-order valence-electron chi connectivity index (χ4n) is 3.78. The molecule has 1 aromatic rings. The van der Waals surface area contributed by atoms with Crippen LogP contribution in [0.2, 0.25) is 5.02 Å². The number of carbonyl (C=O) groups excluding carboxylic acids is 2. The Labute approximate surface area is 184 Å². The summed E-state index contributed by atoms with van der Waals surface area (Å²) in [6.07, 6.45) is 3.79. The fourth-order valence-corrected chi connectivity index (χ4v) is 3.97. The van der Waals surface area contributed by atoms with Gasteiger partial charge in [0.2, 0.25) is 11.8 Å². The van der Waals surface area contributed by atoms with Crippen LogP contribution in [-0.2, 0) is 9.59 Å². The Kier molecular flexibility index (Phi) is 10.6. The second kappa shape index (κ2) is 11.8. The van der Waals surface area contributed by atoms with E-state index < -0.39 is 0 Å². The molecule has 9 heteroatoms. The highest BCUT2D eigenvalue weighted by molar-refractivity contribution is 6.33. The second-order valence-corrected chi connectivity index (χ2v) is 7.65. The van der Waals surface area contributed by atoms with Gasteiger partial charge in [0.15, 0.2) is 0 Å². The number of piperazine rings is 1. The van der Waals surface area contributed by atoms with Crippen LogP contribution < -0.4 is 11.1 Å². The van der Waals surface area contributed by atoms with Gasteiger partial charge in [-0.25, -0.2) is 0 Å². The molecule has 0 radical (unpaired) electrons. The van der Waals surface area contributed by atoms with Crippen molar-refractivity contribution in [2.45, 2.75) is 31.7 Å². The summed E-state index contributed by atoms with van der Waals surface area (Å²) in [4.78, 5) is 28.7. The van der Waals surface area contributed by atoms with E-state index in [-0.39, 0.29) is 42.7 Å². The minimum Gasteiger partial charge on any atom is -0.340 e. The molecule has 0 unspecified atom stereocenters. The molecular weight excluding hydrogens is 423 g/mol. The molecule has 6 nitrogen and oxygen atoms in total. The SMILES string of the molecule is Cl.Cl.N[C@@H]1CCC[C@H]1CC(=O)N1CCN(CC(=O)Nc2ccccc2Cl)CC1. The molecular formula is C19H29Cl3N4O2. The maximum Gasteiger partial charge on any atom is 0.238 e. The zero-order valence-corrected chi connectivity index (χ0v) is 18.2. The number of halogens is 3. The summed E-state index contributed by atoms with van der Waals surface area (Å²) in [6, 6.07) is 7.37. The highest BCUT2D eigenvalue weighted by Gasteiger charge is 2.29. The van der Waals surface area contributed by atoms with Crippen LogP contribution in [0.5, 0.6) is 0 Å². The third kappa shape index (κ3) is 6.78. The van der Waals surface area contributed by atoms with E-state index in [4.69, 9.17) is 17.3 Å². The van der Waals surface area contributed by atoms with Crippen molar-refractivity contribution in [1.82, 2.24) is 9.80 Å². The number of nitrogens with one attached hydrogen (secondary N) is 1. The van der Waals surface area contributed by atoms with Crippen LogP contribution in [0.4, 0.5) is 5.69 Å². The molecule has 2 amide bonds. The van der Waals surface area contributed by atoms with Crippen LogP contribution >= 0.6 is 36.4 Å². The number of benzene rings is 1. The lowest BCUT2D eigenvalue weighted by Gasteiger charge is -2.35. The number of hydrogen-bond donors (Lipinski definition) is 2. The maximum absolute atomic E-state index is 12.5. The van der Waals surface area contributed by atoms with Gasteiger partial charge >= 0.3 is 0 Å². The van der Waals surface area contributed by atoms with E-state index in [2.05, 4.69) is 10.2 Å². The third-order valence-electron chi connectivity index (χ3n) is 5.39. The summed E-state index contributed by atoms with van der Waals surface area (Å²) in [6.45, 7) is 3.05. The van der Waals surface area contributed by atoms with Crippen molar-refractivity contribution >= 4 is 53.9 Å². The summed E-state index contributed by atoms with van der Waals surface area (Å²) < 4.78 is 0. The Morgan fingerprint density at radius 3 is 2.39 bits per heavy atom. The smallest absolute Gasteiger partial charge is 0.238 e. The zero-order valence-electron chi connectivity index (χ0n) is 15.8. The summed E-state index contributed by atoms with van der Waals surface area (Å²) in [5.41, 5.74) is 6.70. The van der Waals surface area contributed by atoms with Gasteiger partial charge in [-0.3, -0.25) is 14.5 Å². The molecule has 2 atom stereocenters. The first kappa shape index (κ1) is 25.0. The molecule has 1 aromatic carbocycles. The number of nitrogens with zero attached hydrogens (tertiary/aromatic N) is 2. The molecule has 158 valence electrons. The Morgan fingerprint density at radius 2 is 1.79 bits per heavy atom. The van der Waals surface area contributed by atoms with E-state index in [1.165, 1.54) is 0 Å². The molecule has 1 heterocycles. The van der Waals surface area contributed by atoms with Gasteiger partial charge in [-0.15, -0.1) is 24.8 Å². The van der Waals surface area contributed by atoms with E-state index in [0.717, 1.165) is 19.3 Å². The van der Waals surface area contributed by atoms with Gasteiger partial charge in [0, 0.05) is 38.6 Å². The summed E-state index contributed by atoms with van der Waals surface area (Å²) >= 11 is 6.06. The van der Waals surface area contributed by atoms with Crippen LogP contribution in [0.1, 0.15) is 25.7 Å². The number of nitrogens with two attached hydrogens (primary N) is 1. The monoisotopic (exact) mass is 450 g/mol. The topological polar surface area (TPSA) is 78.7 Å². The van der Waals surface area contributed by atoms with Gasteiger partial charge in [-0.05, 0) is 30.9 Å². The van der Waals surface area contributed by atoms with Crippen LogP contribution in [0.25, 0.3) is 0 Å². The maximum atomic E-state index is 12.5. The predicted octanol–water partition coefficient (Wildman–Crippen LogP) is 2.78. The lowest BCUT2D eigenvalue weighted by molar-refractivity contribution is -0.134. The van der Waals surface area contributed by atoms with Gasteiger partial charge in [0.1, 0.15) is 0 Å². The lowest BCUT2D eigenvalue weighted by atomic mass is 9.99. The molecule has 2 fully saturated rings. The van der Waals surface area contributed by atoms with Crippen molar-refractivity contribution in [3.05, 3.63) is 29.3 Å². The predicted molar refractivity (Wildman–Crippen MR) is 118 cm³/mol. The van der Waals surface area contributed by atoms with E-state index >= 15 is 0 Å². The van der Waals surface area contributed by atoms with Gasteiger partial charge in [-0.1, -0.05) is 30.2 Å². The fraction of sp³-hybridized carbons (Fsp3) is 0.579. The first-order chi connectivity index (χ1) is 12.5. The molecule has 1 aliphatic carbocycles. The minimum atomic E-state index is -0.0881. The third-order valence-corrected chi connectivity index (χ3v) is 5.72. The molecule has 3 rings (SSSR count). The molecule has 0 spiro atoms. The molecule has 2 aliphatic rings. The van der Waals surface area contributed by atoms with E-state index in [1.807, 2.05) is 17.0 Å². The quantitative estimate of drug-likeness (QED) is 0.721. The first-order valence-electron chi connectivity index (χ1n) is 9.33. The van der Waals surface area contributed by atoms with Crippen molar-refractivity contribution in [2.75, 3.05) is 38.0 Å². The van der Waals surface area contributed by atoms with Crippen LogP contribution in [0, 0.1) is 5.92 Å². The van der Waals surface area contributed by atoms with E-state index in [0.29, 0.717) is 55.8 Å². The molecule has 1 saturated heterocycles. The van der Waals surface area contributed by atoms with Crippen molar-refractivity contribution in [1.29, 1.82) is 0 Å². The molecule has 1 aliphatic heterocycles. The van der Waals surface area contributed by atoms with Crippen molar-refractivity contribution in [3.8, 4) is 0 Å². The zero-order chi connectivity index (χ0) is 18.5. The Balaban J connectivity index is 0.00000196. The second-order valence-electron chi connectivity index (χ2n) is 7.24. The van der Waals surface area contributed by atoms with Crippen LogP contribution in [0.15, 0.2) is 24.3 Å². The minimum absolute atomic E-state index is 0. The van der Waals surface area contributed by atoms with Crippen LogP contribution in [0.3, 0.4) is 0 Å². The van der Waals surface area contributed by atoms with Crippen molar-refractivity contribution < 1.29 is 9.59 Å². The van der Waals surface area contributed by atoms with Gasteiger partial charge in [-0.2, -0.15) is 0 Å². The molecule has 28 heavy (non-hydrogen) atoms. The summed E-state index contributed by atoms with van der Waals surface area (Å²) in [7, 11) is 0. The Hall–Kier alpha value is -1.05. The molecule has 1 saturated carbocycles. The normalized spacial score (nSPS) is 22.1. The first-order valence-corrected chi connectivity index (χ1v) is 9.71. The van der Waals surface area contributed by atoms with Crippen LogP contribution in [-0.4, -0.2) is 60.4 Å². The van der Waals surface area contributed by atoms with Gasteiger partial charge in [0.05, 0.1) is 17.3 Å². The highest BCUT2D eigenvalue weighted by Crippen LogP contribution is 2.27. The average Bonchev–Trinajstić information content (AvgIpc) is 3.02. The number of rotatable bonds is 5. The largest absolute Gasteiger partial charge is 0.340 e. The number of hydrogen-bond acceptors (Lipinski definition) is 4. The molecule has 0 bridgehead atoms. The van der Waals surface area contributed by atoms with E-state index in [9.17, 15) is 9.59 Å². The Morgan fingerprint density at radius 1 is 1.11 bits per heavy atom. The van der Waals surface area contributed by atoms with Crippen molar-refractivity contribution in [3.63, 3.8) is 0 Å². The Bertz CT molecular complexity index is 654. The standard InChI is InChI=1S/C19H27ClN4O2.2ClH/c20-15-5-1-2-7-17(15)22-18(25)13-23-8-10-24(11-9-23)19(26)12-14-4-3-6-16(14)21;;/h1-2,5,7,14,16H,3-4,6,8-13,21H2,(H,22,25);2*1H/t14-,16+;;/m0../s1. The number of anilines is 1. The summed E-state index contributed by atoms with van der Waals surface area (Å²) in [5, 5.41) is 3.37. The molecule has 0 aromatic heterocycles. The number of para-hydroxylation sites is 1. The van der Waals surface area contributed by atoms with Gasteiger partial charge < -0.3 is 16.0 Å². The van der Waals surface area contributed by atoms with Gasteiger partial charge in [0.25, 0.3) is 0 Å². The molecule has 3 N–H and O–H groups in total. The summed E-state index contributed by atoms with van der Waals surface area (Å²) in [5.74, 6) is 0.448.